The fourth-order valence-electron chi connectivity index (χ4n) is 6.11. The predicted molar refractivity (Wildman–Crippen MR) is 191 cm³/mol. The standard InChI is InChI=1S/C26H24.C19H16N.Ir/c1-2-5-20(6-3-1)24-7-4-8-25(18-24)21-13-15-23(16-14-21)26-17-19-9-11-22(26)12-10-19;1-14-8-11-19(20-13-14)17-10-9-15(2)18(12-17)16-6-4-3-5-7-16;/h1-5,8,13-16,18-19,22,26H,9-12,17H2;3-9,11-13H,1-2H3;/q-2;-1;+3/i1D,2D,3D,4D,5D,8D,13D,14D,15D,16D,18D,26D;1D3,2D3;. The number of aromatic nitrogens is 1. The molecule has 1 aromatic heterocycles. The fourth-order valence-corrected chi connectivity index (χ4v) is 6.11. The quantitative estimate of drug-likeness (QED) is 0.158. The molecule has 3 saturated carbocycles. The molecule has 3 fully saturated rings. The van der Waals surface area contributed by atoms with Crippen LogP contribution in [0.2, 0.25) is 0 Å². The first kappa shape index (κ1) is 17.3. The van der Waals surface area contributed by atoms with Gasteiger partial charge in [0.1, 0.15) is 0 Å². The van der Waals surface area contributed by atoms with E-state index in [0.717, 1.165) is 31.2 Å². The maximum atomic E-state index is 9.25. The Kier molecular flexibility index (Phi) is 5.61. The molecular formula is C45H40IrN. The molecule has 1 heterocycles. The molecule has 0 amide bonds. The Hall–Kier alpha value is -4.10. The van der Waals surface area contributed by atoms with Gasteiger partial charge in [-0.25, -0.2) is 11.1 Å². The maximum absolute atomic E-state index is 9.25. The van der Waals surface area contributed by atoms with Crippen LogP contribution in [0.15, 0.2) is 127 Å². The molecule has 47 heavy (non-hydrogen) atoms. The van der Waals surface area contributed by atoms with Crippen LogP contribution >= 0.6 is 0 Å². The normalized spacial score (nSPS) is 25.6. The molecule has 0 aliphatic heterocycles. The van der Waals surface area contributed by atoms with Crippen molar-refractivity contribution in [2.75, 3.05) is 0 Å². The smallest absolute Gasteiger partial charge is 0.304 e. The van der Waals surface area contributed by atoms with E-state index < -0.39 is 86.1 Å². The third-order valence-electron chi connectivity index (χ3n) is 8.49. The number of benzene rings is 5. The number of rotatable bonds is 5. The zero-order chi connectivity index (χ0) is 46.8. The second-order valence-electron chi connectivity index (χ2n) is 11.4. The predicted octanol–water partition coefficient (Wildman–Crippen LogP) is 11.7. The Morgan fingerprint density at radius 3 is 2.32 bits per heavy atom. The molecule has 3 aliphatic rings. The summed E-state index contributed by atoms with van der Waals surface area (Å²) < 4.78 is 147. The van der Waals surface area contributed by atoms with Gasteiger partial charge in [-0.15, -0.1) is 47.0 Å². The van der Waals surface area contributed by atoms with Crippen molar-refractivity contribution < 1.29 is 44.8 Å². The van der Waals surface area contributed by atoms with Crippen molar-refractivity contribution in [2.45, 2.75) is 51.7 Å². The van der Waals surface area contributed by atoms with Crippen molar-refractivity contribution in [2.24, 2.45) is 11.8 Å². The Morgan fingerprint density at radius 2 is 1.60 bits per heavy atom. The summed E-state index contributed by atoms with van der Waals surface area (Å²) in [6.45, 7) is -4.48. The van der Waals surface area contributed by atoms with E-state index in [4.69, 9.17) is 23.3 Å². The molecule has 0 N–H and O–H groups in total. The summed E-state index contributed by atoms with van der Waals surface area (Å²) in [7, 11) is 0. The number of hydrogen-bond acceptors (Lipinski definition) is 1. The van der Waals surface area contributed by atoms with Crippen molar-refractivity contribution in [3.63, 3.8) is 0 Å². The molecule has 9 rings (SSSR count). The van der Waals surface area contributed by atoms with Crippen molar-refractivity contribution in [1.29, 1.82) is 0 Å². The van der Waals surface area contributed by atoms with E-state index in [-0.39, 0.29) is 65.0 Å². The number of aryl methyl sites for hydroxylation is 2. The first-order valence-electron chi connectivity index (χ1n) is 24.2. The van der Waals surface area contributed by atoms with Crippen LogP contribution in [-0.4, -0.2) is 4.98 Å². The van der Waals surface area contributed by atoms with E-state index in [1.807, 2.05) is 30.3 Å². The summed E-state index contributed by atoms with van der Waals surface area (Å²) in [5, 5.41) is 0. The molecular weight excluding hydrogens is 747 g/mol. The summed E-state index contributed by atoms with van der Waals surface area (Å²) in [5.41, 5.74) is 1.69. The van der Waals surface area contributed by atoms with E-state index in [1.54, 1.807) is 12.1 Å². The van der Waals surface area contributed by atoms with Crippen molar-refractivity contribution in [3.8, 4) is 44.6 Å². The minimum atomic E-state index is -2.27. The van der Waals surface area contributed by atoms with Crippen LogP contribution in [-0.2, 0) is 20.1 Å². The van der Waals surface area contributed by atoms with Crippen LogP contribution < -0.4 is 0 Å². The molecule has 3 aliphatic carbocycles. The summed E-state index contributed by atoms with van der Waals surface area (Å²) >= 11 is 0. The Bertz CT molecular complexity index is 2730. The zero-order valence-electron chi connectivity index (χ0n) is 43.2. The van der Waals surface area contributed by atoms with Gasteiger partial charge in [0, 0.05) is 19.9 Å². The van der Waals surface area contributed by atoms with Gasteiger partial charge in [-0.2, -0.15) is 42.3 Å². The average Bonchev–Trinajstić information content (AvgIpc) is 3.26. The van der Waals surface area contributed by atoms with E-state index in [9.17, 15) is 1.37 Å². The second-order valence-corrected chi connectivity index (χ2v) is 11.4. The molecule has 1 atom stereocenters. The van der Waals surface area contributed by atoms with Crippen LogP contribution in [0.25, 0.3) is 44.6 Å². The van der Waals surface area contributed by atoms with Gasteiger partial charge < -0.3 is 4.98 Å². The third-order valence-corrected chi connectivity index (χ3v) is 8.49. The van der Waals surface area contributed by atoms with Gasteiger partial charge >= 0.3 is 20.1 Å². The van der Waals surface area contributed by atoms with Gasteiger partial charge in [0.05, 0.1) is 5.48 Å². The molecule has 2 bridgehead atoms. The number of pyridine rings is 1. The third kappa shape index (κ3) is 7.73. The summed E-state index contributed by atoms with van der Waals surface area (Å²) in [6, 6.07) is 18.0. The first-order valence-corrected chi connectivity index (χ1v) is 15.2. The number of nitrogens with zero attached hydrogens (tertiary/aromatic N) is 1. The molecule has 6 aromatic rings. The van der Waals surface area contributed by atoms with Gasteiger partial charge in [-0.05, 0) is 77.3 Å². The van der Waals surface area contributed by atoms with E-state index in [0.29, 0.717) is 29.2 Å². The molecule has 0 radical (unpaired) electrons. The molecule has 0 saturated heterocycles. The zero-order valence-corrected chi connectivity index (χ0v) is 27.6. The molecule has 2 heteroatoms. The van der Waals surface area contributed by atoms with Gasteiger partial charge in [0.2, 0.25) is 0 Å². The van der Waals surface area contributed by atoms with E-state index >= 15 is 0 Å². The van der Waals surface area contributed by atoms with Crippen molar-refractivity contribution >= 4 is 0 Å². The van der Waals surface area contributed by atoms with Gasteiger partial charge in [-0.1, -0.05) is 91.9 Å². The molecule has 1 unspecified atom stereocenters. The van der Waals surface area contributed by atoms with Gasteiger partial charge in [-0.3, -0.25) is 0 Å². The fraction of sp³-hybridized carbons (Fsp3) is 0.222. The SMILES string of the molecule is [2H]C([2H])([2H])c1ccc(-c2[c-]cc(C([2H])([2H])[2H])c(-c3ccccc3)c2)nc1.[2H]c1[c-]c(-c2[c-]c([2H])c([2H])c(-c3c([2H])c([2H])c(C4([2H])CC5CCC4CC5)c([2H])c3[2H])c2[2H])c([2H])c([2H])c1[2H].[Ir+3]. The number of hydrogen-bond donors (Lipinski definition) is 0. The topological polar surface area (TPSA) is 12.9 Å². The molecule has 1 nitrogen and oxygen atoms in total. The van der Waals surface area contributed by atoms with Crippen LogP contribution in [0.5, 0.6) is 0 Å². The van der Waals surface area contributed by atoms with Crippen molar-refractivity contribution in [1.82, 2.24) is 4.98 Å². The minimum Gasteiger partial charge on any atom is -0.304 e. The Balaban J connectivity index is 0.000000227. The molecule has 0 spiro atoms. The monoisotopic (exact) mass is 805 g/mol. The van der Waals surface area contributed by atoms with E-state index in [2.05, 4.69) is 23.2 Å². The summed E-state index contributed by atoms with van der Waals surface area (Å²) in [5.74, 6) is -1.04. The number of fused-ring (bicyclic) bond motifs is 3. The molecule has 5 aromatic carbocycles. The largest absolute Gasteiger partial charge is 3.00 e. The van der Waals surface area contributed by atoms with Crippen LogP contribution in [0.1, 0.15) is 79.4 Å². The van der Waals surface area contributed by atoms with E-state index in [1.165, 1.54) is 18.3 Å². The van der Waals surface area contributed by atoms with Crippen LogP contribution in [0, 0.1) is 43.7 Å². The second kappa shape index (κ2) is 15.2. The Morgan fingerprint density at radius 1 is 0.766 bits per heavy atom. The first-order chi connectivity index (χ1) is 29.9. The van der Waals surface area contributed by atoms with Crippen molar-refractivity contribution in [3.05, 3.63) is 162 Å². The maximum Gasteiger partial charge on any atom is 3.00 e. The van der Waals surface area contributed by atoms with Gasteiger partial charge in [0.25, 0.3) is 0 Å². The van der Waals surface area contributed by atoms with Crippen LogP contribution in [0.4, 0.5) is 0 Å². The van der Waals surface area contributed by atoms with Gasteiger partial charge in [0.15, 0.2) is 0 Å². The summed E-state index contributed by atoms with van der Waals surface area (Å²) in [6.07, 6.45) is 5.34. The summed E-state index contributed by atoms with van der Waals surface area (Å²) in [4.78, 5) is 4.21. The average molecular weight is 805 g/mol. The minimum absolute atomic E-state index is 0. The van der Waals surface area contributed by atoms with Crippen LogP contribution in [0.3, 0.4) is 0 Å². The Labute approximate surface area is 319 Å². The molecule has 234 valence electrons.